The quantitative estimate of drug-likeness (QED) is 0.300. The van der Waals surface area contributed by atoms with Crippen molar-refractivity contribution in [2.24, 2.45) is 11.5 Å². The van der Waals surface area contributed by atoms with Crippen LogP contribution >= 0.6 is 0 Å². The first kappa shape index (κ1) is 21.7. The standard InChI is InChI=1S/C11H12N2O2.C9H11NO4/c12-9(11(14)15)5-7-6-13-10-4-2-1-3-8(7)10;10-6(9(13)14)3-5-1-2-7(11)8(12)4-5/h1-4,6,9,13H,5,12H2,(H,14,15);1-2,4,6,11-12H,3,10H2,(H,13,14)/t;6-/m.0/s1. The number of nitrogens with two attached hydrogens (primary N) is 2. The number of aromatic nitrogens is 1. The third-order valence-electron chi connectivity index (χ3n) is 4.24. The maximum absolute atomic E-state index is 10.6. The van der Waals surface area contributed by atoms with Crippen LogP contribution in [0, 0.1) is 0 Å². The number of aliphatic carboxylic acids is 2. The SMILES string of the molecule is NC(Cc1c[nH]c2ccccc12)C(=O)O.N[C@@H](Cc1ccc(O)c(O)c1)C(=O)O. The van der Waals surface area contributed by atoms with Gasteiger partial charge in [-0.3, -0.25) is 9.59 Å². The Morgan fingerprint density at radius 3 is 2.14 bits per heavy atom. The first-order chi connectivity index (χ1) is 13.7. The molecule has 3 aromatic rings. The molecule has 0 radical (unpaired) electrons. The van der Waals surface area contributed by atoms with Crippen molar-refractivity contribution in [3.05, 3.63) is 59.8 Å². The molecule has 2 aromatic carbocycles. The van der Waals surface area contributed by atoms with E-state index >= 15 is 0 Å². The number of nitrogens with one attached hydrogen (secondary N) is 1. The van der Waals surface area contributed by atoms with E-state index in [0.717, 1.165) is 16.5 Å². The van der Waals surface area contributed by atoms with Gasteiger partial charge in [-0.25, -0.2) is 0 Å². The minimum atomic E-state index is -1.10. The van der Waals surface area contributed by atoms with Crippen LogP contribution in [0.5, 0.6) is 11.5 Å². The van der Waals surface area contributed by atoms with Crippen molar-refractivity contribution >= 4 is 22.8 Å². The van der Waals surface area contributed by atoms with Crippen LogP contribution < -0.4 is 11.5 Å². The molecule has 0 saturated heterocycles. The van der Waals surface area contributed by atoms with Crippen LogP contribution in [-0.2, 0) is 22.4 Å². The first-order valence-electron chi connectivity index (χ1n) is 8.71. The van der Waals surface area contributed by atoms with Gasteiger partial charge < -0.3 is 36.9 Å². The highest BCUT2D eigenvalue weighted by molar-refractivity contribution is 5.84. The van der Waals surface area contributed by atoms with E-state index in [1.807, 2.05) is 30.5 Å². The highest BCUT2D eigenvalue weighted by Gasteiger charge is 2.14. The molecule has 1 heterocycles. The predicted octanol–water partition coefficient (Wildman–Crippen LogP) is 1.17. The van der Waals surface area contributed by atoms with Crippen LogP contribution in [0.4, 0.5) is 0 Å². The summed E-state index contributed by atoms with van der Waals surface area (Å²) in [6.07, 6.45) is 2.27. The van der Waals surface area contributed by atoms with Crippen LogP contribution in [0.15, 0.2) is 48.7 Å². The molecule has 9 nitrogen and oxygen atoms in total. The molecule has 0 bridgehead atoms. The number of carboxylic acids is 2. The van der Waals surface area contributed by atoms with Crippen LogP contribution in [0.25, 0.3) is 10.9 Å². The maximum atomic E-state index is 10.6. The molecule has 0 fully saturated rings. The number of benzene rings is 2. The fourth-order valence-corrected chi connectivity index (χ4v) is 2.66. The second kappa shape index (κ2) is 9.58. The number of rotatable bonds is 6. The Kier molecular flexibility index (Phi) is 7.18. The van der Waals surface area contributed by atoms with Gasteiger partial charge in [0.05, 0.1) is 0 Å². The molecular formula is C20H23N3O6. The summed E-state index contributed by atoms with van der Waals surface area (Å²) in [5.74, 6) is -2.59. The Balaban J connectivity index is 0.000000208. The molecular weight excluding hydrogens is 378 g/mol. The summed E-state index contributed by atoms with van der Waals surface area (Å²) in [6, 6.07) is 10.0. The van der Waals surface area contributed by atoms with Gasteiger partial charge in [0, 0.05) is 23.5 Å². The Hall–Kier alpha value is -3.56. The topological polar surface area (TPSA) is 183 Å². The van der Waals surface area contributed by atoms with Crippen molar-refractivity contribution in [2.45, 2.75) is 24.9 Å². The molecule has 29 heavy (non-hydrogen) atoms. The fraction of sp³-hybridized carbons (Fsp3) is 0.200. The van der Waals surface area contributed by atoms with E-state index in [-0.39, 0.29) is 17.9 Å². The van der Waals surface area contributed by atoms with E-state index in [4.69, 9.17) is 31.9 Å². The van der Waals surface area contributed by atoms with E-state index in [1.165, 1.54) is 18.2 Å². The lowest BCUT2D eigenvalue weighted by molar-refractivity contribution is -0.139. The monoisotopic (exact) mass is 401 g/mol. The zero-order valence-electron chi connectivity index (χ0n) is 15.4. The Morgan fingerprint density at radius 2 is 1.52 bits per heavy atom. The van der Waals surface area contributed by atoms with Gasteiger partial charge in [-0.05, 0) is 35.7 Å². The van der Waals surface area contributed by atoms with Crippen molar-refractivity contribution in [1.82, 2.24) is 4.98 Å². The fourth-order valence-electron chi connectivity index (χ4n) is 2.66. The zero-order valence-corrected chi connectivity index (χ0v) is 15.4. The summed E-state index contributed by atoms with van der Waals surface area (Å²) in [4.78, 5) is 24.1. The molecule has 2 atom stereocenters. The summed E-state index contributed by atoms with van der Waals surface area (Å²) >= 11 is 0. The van der Waals surface area contributed by atoms with Crippen molar-refractivity contribution in [3.8, 4) is 11.5 Å². The van der Waals surface area contributed by atoms with E-state index in [1.54, 1.807) is 0 Å². The number of fused-ring (bicyclic) bond motifs is 1. The van der Waals surface area contributed by atoms with Gasteiger partial charge in [0.1, 0.15) is 12.1 Å². The lowest BCUT2D eigenvalue weighted by Gasteiger charge is -2.06. The average molecular weight is 401 g/mol. The number of para-hydroxylation sites is 1. The number of aromatic amines is 1. The molecule has 0 amide bonds. The van der Waals surface area contributed by atoms with Crippen LogP contribution in [-0.4, -0.2) is 49.4 Å². The summed E-state index contributed by atoms with van der Waals surface area (Å²) in [5.41, 5.74) is 13.3. The van der Waals surface area contributed by atoms with E-state index < -0.39 is 24.0 Å². The first-order valence-corrected chi connectivity index (χ1v) is 8.71. The van der Waals surface area contributed by atoms with E-state index in [2.05, 4.69) is 4.98 Å². The van der Waals surface area contributed by atoms with Crippen LogP contribution in [0.1, 0.15) is 11.1 Å². The Morgan fingerprint density at radius 1 is 0.897 bits per heavy atom. The molecule has 154 valence electrons. The van der Waals surface area contributed by atoms with Gasteiger partial charge in [-0.1, -0.05) is 24.3 Å². The third kappa shape index (κ3) is 5.96. The zero-order chi connectivity index (χ0) is 21.6. The maximum Gasteiger partial charge on any atom is 0.320 e. The Labute approximate surface area is 166 Å². The number of carboxylic acid groups (broad SMARTS) is 2. The number of carbonyl (C=O) groups is 2. The van der Waals surface area contributed by atoms with Gasteiger partial charge in [0.2, 0.25) is 0 Å². The highest BCUT2D eigenvalue weighted by atomic mass is 16.4. The summed E-state index contributed by atoms with van der Waals surface area (Å²) in [5, 5.41) is 36.4. The van der Waals surface area contributed by atoms with Gasteiger partial charge in [0.25, 0.3) is 0 Å². The second-order valence-electron chi connectivity index (χ2n) is 6.48. The number of hydrogen-bond donors (Lipinski definition) is 7. The normalized spacial score (nSPS) is 12.6. The lowest BCUT2D eigenvalue weighted by atomic mass is 10.1. The molecule has 0 aliphatic heterocycles. The van der Waals surface area contributed by atoms with E-state index in [9.17, 15) is 9.59 Å². The molecule has 0 saturated carbocycles. The second-order valence-corrected chi connectivity index (χ2v) is 6.48. The molecule has 1 aromatic heterocycles. The molecule has 9 heteroatoms. The minimum Gasteiger partial charge on any atom is -0.504 e. The average Bonchev–Trinajstić information content (AvgIpc) is 3.08. The molecule has 9 N–H and O–H groups in total. The third-order valence-corrected chi connectivity index (χ3v) is 4.24. The molecule has 1 unspecified atom stereocenters. The molecule has 3 rings (SSSR count). The van der Waals surface area contributed by atoms with Gasteiger partial charge >= 0.3 is 11.9 Å². The minimum absolute atomic E-state index is 0.114. The number of phenols is 2. The number of hydrogen-bond acceptors (Lipinski definition) is 6. The molecule has 0 aliphatic carbocycles. The smallest absolute Gasteiger partial charge is 0.320 e. The van der Waals surface area contributed by atoms with Crippen molar-refractivity contribution in [3.63, 3.8) is 0 Å². The predicted molar refractivity (Wildman–Crippen MR) is 107 cm³/mol. The molecule has 0 aliphatic rings. The van der Waals surface area contributed by atoms with Crippen molar-refractivity contribution in [2.75, 3.05) is 0 Å². The van der Waals surface area contributed by atoms with Crippen molar-refractivity contribution in [1.29, 1.82) is 0 Å². The van der Waals surface area contributed by atoms with Gasteiger partial charge in [0.15, 0.2) is 11.5 Å². The van der Waals surface area contributed by atoms with Gasteiger partial charge in [-0.15, -0.1) is 0 Å². The number of aromatic hydroxyl groups is 2. The number of phenolic OH excluding ortho intramolecular Hbond substituents is 2. The summed E-state index contributed by atoms with van der Waals surface area (Å²) < 4.78 is 0. The van der Waals surface area contributed by atoms with Crippen molar-refractivity contribution < 1.29 is 30.0 Å². The summed E-state index contributed by atoms with van der Waals surface area (Å²) in [7, 11) is 0. The number of H-pyrrole nitrogens is 1. The molecule has 0 spiro atoms. The Bertz CT molecular complexity index is 1000. The van der Waals surface area contributed by atoms with Crippen LogP contribution in [0.3, 0.4) is 0 Å². The van der Waals surface area contributed by atoms with Gasteiger partial charge in [-0.2, -0.15) is 0 Å². The van der Waals surface area contributed by atoms with E-state index in [0.29, 0.717) is 12.0 Å². The largest absolute Gasteiger partial charge is 0.504 e. The summed E-state index contributed by atoms with van der Waals surface area (Å²) in [6.45, 7) is 0. The van der Waals surface area contributed by atoms with Crippen LogP contribution in [0.2, 0.25) is 0 Å². The lowest BCUT2D eigenvalue weighted by Crippen LogP contribution is -2.32. The highest BCUT2D eigenvalue weighted by Crippen LogP contribution is 2.25.